The monoisotopic (exact) mass is 443 g/mol. The second kappa shape index (κ2) is 10.00. The number of alkyl halides is 3. The lowest BCUT2D eigenvalue weighted by Gasteiger charge is -2.20. The third-order valence-corrected chi connectivity index (χ3v) is 3.58. The van der Waals surface area contributed by atoms with Gasteiger partial charge >= 0.3 is 6.18 Å². The van der Waals surface area contributed by atoms with Crippen molar-refractivity contribution in [3.63, 3.8) is 0 Å². The van der Waals surface area contributed by atoms with Gasteiger partial charge in [-0.3, -0.25) is 4.99 Å². The second-order valence-corrected chi connectivity index (χ2v) is 5.62. The van der Waals surface area contributed by atoms with Crippen molar-refractivity contribution in [1.29, 1.82) is 0 Å². The number of hydrogen-bond donors (Lipinski definition) is 2. The third-order valence-electron chi connectivity index (χ3n) is 3.58. The Morgan fingerprint density at radius 3 is 2.13 bits per heavy atom. The highest BCUT2D eigenvalue weighted by atomic mass is 127. The summed E-state index contributed by atoms with van der Waals surface area (Å²) in [4.78, 5) is 4.13. The predicted octanol–water partition coefficient (Wildman–Crippen LogP) is 4.08. The van der Waals surface area contributed by atoms with Crippen molar-refractivity contribution in [2.45, 2.75) is 39.4 Å². The SMILES string of the molecule is CN=C(NCCc1ccc(C(F)(F)F)cc1)NC(C)C(C)C.I. The van der Waals surface area contributed by atoms with Gasteiger partial charge < -0.3 is 10.6 Å². The second-order valence-electron chi connectivity index (χ2n) is 5.62. The standard InChI is InChI=1S/C16H24F3N3.HI/c1-11(2)12(3)22-15(20-4)21-10-9-13-5-7-14(8-6-13)16(17,18)19;/h5-8,11-12H,9-10H2,1-4H3,(H2,20,21,22);1H. The fourth-order valence-electron chi connectivity index (χ4n) is 1.76. The molecule has 0 aliphatic carbocycles. The van der Waals surface area contributed by atoms with Crippen molar-refractivity contribution in [1.82, 2.24) is 10.6 Å². The van der Waals surface area contributed by atoms with Crippen molar-refractivity contribution in [3.8, 4) is 0 Å². The van der Waals surface area contributed by atoms with Gasteiger partial charge in [-0.25, -0.2) is 0 Å². The number of nitrogens with one attached hydrogen (secondary N) is 2. The van der Waals surface area contributed by atoms with Crippen LogP contribution in [0.3, 0.4) is 0 Å². The molecule has 0 fully saturated rings. The Balaban J connectivity index is 0.00000484. The molecule has 1 aromatic carbocycles. The van der Waals surface area contributed by atoms with E-state index in [4.69, 9.17) is 0 Å². The van der Waals surface area contributed by atoms with Crippen LogP contribution in [-0.4, -0.2) is 25.6 Å². The summed E-state index contributed by atoms with van der Waals surface area (Å²) < 4.78 is 37.4. The highest BCUT2D eigenvalue weighted by Gasteiger charge is 2.29. The molecule has 0 aromatic heterocycles. The Hall–Kier alpha value is -0.990. The Bertz CT molecular complexity index is 484. The van der Waals surface area contributed by atoms with Crippen LogP contribution in [0.5, 0.6) is 0 Å². The molecule has 0 aliphatic heterocycles. The minimum Gasteiger partial charge on any atom is -0.356 e. The maximum Gasteiger partial charge on any atom is 0.416 e. The van der Waals surface area contributed by atoms with Crippen LogP contribution in [0.25, 0.3) is 0 Å². The number of aliphatic imine (C=N–C) groups is 1. The highest BCUT2D eigenvalue weighted by molar-refractivity contribution is 14.0. The van der Waals surface area contributed by atoms with E-state index in [0.29, 0.717) is 24.8 Å². The molecule has 7 heteroatoms. The smallest absolute Gasteiger partial charge is 0.356 e. The number of rotatable bonds is 5. The average Bonchev–Trinajstić information content (AvgIpc) is 2.45. The molecule has 1 unspecified atom stereocenters. The van der Waals surface area contributed by atoms with E-state index in [1.54, 1.807) is 7.05 Å². The molecular formula is C16H25F3IN3. The molecule has 0 spiro atoms. The molecule has 0 aliphatic rings. The minimum absolute atomic E-state index is 0. The van der Waals surface area contributed by atoms with Crippen LogP contribution in [0.2, 0.25) is 0 Å². The molecule has 2 N–H and O–H groups in total. The summed E-state index contributed by atoms with van der Waals surface area (Å²) in [5.74, 6) is 1.18. The van der Waals surface area contributed by atoms with E-state index in [9.17, 15) is 13.2 Å². The van der Waals surface area contributed by atoms with Gasteiger partial charge in [0.25, 0.3) is 0 Å². The number of halogens is 4. The molecule has 0 saturated carbocycles. The van der Waals surface area contributed by atoms with Crippen molar-refractivity contribution in [3.05, 3.63) is 35.4 Å². The molecule has 1 rings (SSSR count). The van der Waals surface area contributed by atoms with Crippen molar-refractivity contribution in [2.75, 3.05) is 13.6 Å². The summed E-state index contributed by atoms with van der Waals surface area (Å²) in [5, 5.41) is 6.44. The van der Waals surface area contributed by atoms with Crippen molar-refractivity contribution < 1.29 is 13.2 Å². The van der Waals surface area contributed by atoms with Gasteiger partial charge in [-0.1, -0.05) is 26.0 Å². The van der Waals surface area contributed by atoms with E-state index in [-0.39, 0.29) is 30.0 Å². The summed E-state index contributed by atoms with van der Waals surface area (Å²) in [6, 6.07) is 5.54. The summed E-state index contributed by atoms with van der Waals surface area (Å²) in [6.07, 6.45) is -3.65. The number of benzene rings is 1. The topological polar surface area (TPSA) is 36.4 Å². The maximum atomic E-state index is 12.5. The lowest BCUT2D eigenvalue weighted by molar-refractivity contribution is -0.137. The van der Waals surface area contributed by atoms with E-state index in [0.717, 1.165) is 17.7 Å². The minimum atomic E-state index is -4.28. The Kier molecular flexibility index (Phi) is 9.57. The van der Waals surface area contributed by atoms with Gasteiger partial charge in [0.05, 0.1) is 5.56 Å². The highest BCUT2D eigenvalue weighted by Crippen LogP contribution is 2.29. The largest absolute Gasteiger partial charge is 0.416 e. The molecule has 1 atom stereocenters. The Morgan fingerprint density at radius 2 is 1.70 bits per heavy atom. The first-order valence-corrected chi connectivity index (χ1v) is 7.37. The zero-order valence-electron chi connectivity index (χ0n) is 13.9. The summed E-state index contributed by atoms with van der Waals surface area (Å²) in [6.45, 7) is 6.92. The van der Waals surface area contributed by atoms with E-state index < -0.39 is 11.7 Å². The summed E-state index contributed by atoms with van der Waals surface area (Å²) >= 11 is 0. The number of nitrogens with zero attached hydrogens (tertiary/aromatic N) is 1. The molecule has 0 saturated heterocycles. The quantitative estimate of drug-likeness (QED) is 0.409. The zero-order chi connectivity index (χ0) is 16.8. The van der Waals surface area contributed by atoms with E-state index in [1.165, 1.54) is 12.1 Å². The van der Waals surface area contributed by atoms with Gasteiger partial charge in [-0.05, 0) is 37.0 Å². The van der Waals surface area contributed by atoms with Gasteiger partial charge in [-0.15, -0.1) is 24.0 Å². The maximum absolute atomic E-state index is 12.5. The van der Waals surface area contributed by atoms with Gasteiger partial charge in [0.1, 0.15) is 0 Å². The fraction of sp³-hybridized carbons (Fsp3) is 0.562. The van der Waals surface area contributed by atoms with Crippen molar-refractivity contribution in [2.24, 2.45) is 10.9 Å². The fourth-order valence-corrected chi connectivity index (χ4v) is 1.76. The molecule has 0 amide bonds. The molecule has 23 heavy (non-hydrogen) atoms. The zero-order valence-corrected chi connectivity index (χ0v) is 16.2. The van der Waals surface area contributed by atoms with Crippen LogP contribution in [0.15, 0.2) is 29.3 Å². The number of hydrogen-bond acceptors (Lipinski definition) is 1. The first kappa shape index (κ1) is 22.0. The van der Waals surface area contributed by atoms with Crippen LogP contribution < -0.4 is 10.6 Å². The van der Waals surface area contributed by atoms with Crippen LogP contribution in [0, 0.1) is 5.92 Å². The van der Waals surface area contributed by atoms with Crippen molar-refractivity contribution >= 4 is 29.9 Å². The van der Waals surface area contributed by atoms with E-state index >= 15 is 0 Å². The Morgan fingerprint density at radius 1 is 1.13 bits per heavy atom. The average molecular weight is 443 g/mol. The number of guanidine groups is 1. The van der Waals surface area contributed by atoms with Crippen LogP contribution in [0.4, 0.5) is 13.2 Å². The molecule has 1 aromatic rings. The first-order chi connectivity index (χ1) is 10.2. The molecular weight excluding hydrogens is 418 g/mol. The Labute approximate surface area is 153 Å². The summed E-state index contributed by atoms with van der Waals surface area (Å²) in [7, 11) is 1.69. The first-order valence-electron chi connectivity index (χ1n) is 7.37. The lowest BCUT2D eigenvalue weighted by atomic mass is 10.1. The molecule has 0 bridgehead atoms. The molecule has 0 heterocycles. The summed E-state index contributed by atoms with van der Waals surface area (Å²) in [5.41, 5.74) is 0.236. The van der Waals surface area contributed by atoms with Crippen LogP contribution >= 0.6 is 24.0 Å². The van der Waals surface area contributed by atoms with E-state index in [1.807, 2.05) is 0 Å². The predicted molar refractivity (Wildman–Crippen MR) is 99.4 cm³/mol. The third kappa shape index (κ3) is 7.90. The van der Waals surface area contributed by atoms with Gasteiger partial charge in [0.15, 0.2) is 5.96 Å². The normalized spacial score (nSPS) is 13.5. The molecule has 3 nitrogen and oxygen atoms in total. The molecule has 0 radical (unpaired) electrons. The van der Waals surface area contributed by atoms with Gasteiger partial charge in [0.2, 0.25) is 0 Å². The van der Waals surface area contributed by atoms with Crippen LogP contribution in [-0.2, 0) is 12.6 Å². The van der Waals surface area contributed by atoms with Crippen LogP contribution in [0.1, 0.15) is 31.9 Å². The lowest BCUT2D eigenvalue weighted by Crippen LogP contribution is -2.44. The van der Waals surface area contributed by atoms with Gasteiger partial charge in [-0.2, -0.15) is 13.2 Å². The van der Waals surface area contributed by atoms with Gasteiger partial charge in [0, 0.05) is 19.6 Å². The molecule has 132 valence electrons. The van der Waals surface area contributed by atoms with E-state index in [2.05, 4.69) is 36.4 Å².